The van der Waals surface area contributed by atoms with Crippen LogP contribution in [0.1, 0.15) is 38.5 Å². The summed E-state index contributed by atoms with van der Waals surface area (Å²) in [6.45, 7) is 2.05. The summed E-state index contributed by atoms with van der Waals surface area (Å²) in [6.07, 6.45) is 5.84. The summed E-state index contributed by atoms with van der Waals surface area (Å²) in [6, 6.07) is 0. The third-order valence-corrected chi connectivity index (χ3v) is 4.22. The Morgan fingerprint density at radius 2 is 1.85 bits per heavy atom. The highest BCUT2D eigenvalue weighted by Gasteiger charge is 2.41. The van der Waals surface area contributed by atoms with Crippen LogP contribution in [-0.2, 0) is 14.3 Å². The van der Waals surface area contributed by atoms with E-state index in [9.17, 15) is 4.79 Å². The average Bonchev–Trinajstić information content (AvgIpc) is 2.69. The van der Waals surface area contributed by atoms with E-state index in [-0.39, 0.29) is 5.91 Å². The highest BCUT2D eigenvalue weighted by atomic mass is 32.1. The predicted octanol–water partition coefficient (Wildman–Crippen LogP) is 1.39. The number of ether oxygens (including phenoxy) is 2. The van der Waals surface area contributed by atoms with Gasteiger partial charge >= 0.3 is 0 Å². The molecule has 0 bridgehead atoms. The van der Waals surface area contributed by atoms with Crippen LogP contribution in [-0.4, -0.2) is 44.4 Å². The number of rotatable bonds is 8. The molecule has 1 amide bonds. The average molecular weight is 302 g/mol. The Bertz CT molecular complexity index is 316. The fraction of sp³-hybridized carbons (Fsp3) is 0.857. The monoisotopic (exact) mass is 302 g/mol. The molecular formula is C14H26N2O3S. The lowest BCUT2D eigenvalue weighted by Crippen LogP contribution is -2.49. The minimum absolute atomic E-state index is 0.0396. The van der Waals surface area contributed by atoms with E-state index < -0.39 is 5.41 Å². The number of carbonyl (C=O) groups excluding carboxylic acids is 1. The third-order valence-electron chi connectivity index (χ3n) is 3.83. The van der Waals surface area contributed by atoms with Crippen LogP contribution >= 0.6 is 12.2 Å². The van der Waals surface area contributed by atoms with Crippen molar-refractivity contribution < 1.29 is 14.3 Å². The first-order valence-corrected chi connectivity index (χ1v) is 7.69. The SMILES string of the molecule is COCCOCCNC(=O)C1(C(N)=S)CCCCCC1. The molecule has 5 nitrogen and oxygen atoms in total. The summed E-state index contributed by atoms with van der Waals surface area (Å²) in [5.74, 6) is -0.0396. The van der Waals surface area contributed by atoms with Crippen molar-refractivity contribution in [2.24, 2.45) is 11.1 Å². The van der Waals surface area contributed by atoms with E-state index in [1.54, 1.807) is 7.11 Å². The smallest absolute Gasteiger partial charge is 0.233 e. The molecule has 0 spiro atoms. The van der Waals surface area contributed by atoms with Crippen molar-refractivity contribution in [1.82, 2.24) is 5.32 Å². The molecule has 0 atom stereocenters. The number of methoxy groups -OCH3 is 1. The Morgan fingerprint density at radius 1 is 1.20 bits per heavy atom. The quantitative estimate of drug-likeness (QED) is 0.403. The van der Waals surface area contributed by atoms with E-state index in [0.29, 0.717) is 31.4 Å². The number of hydrogen-bond donors (Lipinski definition) is 2. The van der Waals surface area contributed by atoms with E-state index in [0.717, 1.165) is 38.5 Å². The Labute approximate surface area is 126 Å². The van der Waals surface area contributed by atoms with Crippen LogP contribution in [0.3, 0.4) is 0 Å². The standard InChI is InChI=1S/C14H26N2O3S/c1-18-10-11-19-9-8-16-13(17)14(12(15)20)6-4-2-3-5-7-14/h2-11H2,1H3,(H2,15,20)(H,16,17). The molecular weight excluding hydrogens is 276 g/mol. The lowest BCUT2D eigenvalue weighted by atomic mass is 9.79. The van der Waals surface area contributed by atoms with Crippen LogP contribution in [0.4, 0.5) is 0 Å². The Balaban J connectivity index is 2.42. The first kappa shape index (κ1) is 17.3. The minimum Gasteiger partial charge on any atom is -0.392 e. The Hall–Kier alpha value is -0.720. The van der Waals surface area contributed by atoms with Gasteiger partial charge in [0.1, 0.15) is 0 Å². The predicted molar refractivity (Wildman–Crippen MR) is 82.6 cm³/mol. The maximum Gasteiger partial charge on any atom is 0.233 e. The van der Waals surface area contributed by atoms with Crippen molar-refractivity contribution in [1.29, 1.82) is 0 Å². The first-order chi connectivity index (χ1) is 9.63. The fourth-order valence-corrected chi connectivity index (χ4v) is 2.86. The van der Waals surface area contributed by atoms with Gasteiger partial charge in [-0.15, -0.1) is 0 Å². The van der Waals surface area contributed by atoms with Gasteiger partial charge in [-0.2, -0.15) is 0 Å². The molecule has 1 aliphatic carbocycles. The zero-order chi connectivity index (χ0) is 14.8. The highest BCUT2D eigenvalue weighted by Crippen LogP contribution is 2.35. The summed E-state index contributed by atoms with van der Waals surface area (Å²) in [5.41, 5.74) is 5.21. The van der Waals surface area contributed by atoms with Gasteiger partial charge in [-0.25, -0.2) is 0 Å². The van der Waals surface area contributed by atoms with Crippen LogP contribution in [0.5, 0.6) is 0 Å². The largest absolute Gasteiger partial charge is 0.392 e. The van der Waals surface area contributed by atoms with Gasteiger partial charge in [0.2, 0.25) is 5.91 Å². The van der Waals surface area contributed by atoms with Gasteiger partial charge in [0, 0.05) is 13.7 Å². The minimum atomic E-state index is -0.654. The first-order valence-electron chi connectivity index (χ1n) is 7.28. The zero-order valence-corrected chi connectivity index (χ0v) is 13.1. The molecule has 0 aromatic rings. The summed E-state index contributed by atoms with van der Waals surface area (Å²) in [4.78, 5) is 12.8. The van der Waals surface area contributed by atoms with E-state index in [1.807, 2.05) is 0 Å². The molecule has 20 heavy (non-hydrogen) atoms. The van der Waals surface area contributed by atoms with Gasteiger partial charge in [-0.1, -0.05) is 37.9 Å². The topological polar surface area (TPSA) is 73.6 Å². The Kier molecular flexibility index (Phi) is 8.02. The van der Waals surface area contributed by atoms with Gasteiger partial charge in [0.15, 0.2) is 0 Å². The van der Waals surface area contributed by atoms with Crippen LogP contribution in [0.25, 0.3) is 0 Å². The number of nitrogens with one attached hydrogen (secondary N) is 1. The van der Waals surface area contributed by atoms with Crippen molar-refractivity contribution in [2.45, 2.75) is 38.5 Å². The number of thiocarbonyl (C=S) groups is 1. The van der Waals surface area contributed by atoms with Crippen LogP contribution in [0, 0.1) is 5.41 Å². The molecule has 1 fully saturated rings. The van der Waals surface area contributed by atoms with E-state index in [2.05, 4.69) is 5.32 Å². The highest BCUT2D eigenvalue weighted by molar-refractivity contribution is 7.80. The van der Waals surface area contributed by atoms with Crippen molar-refractivity contribution in [3.05, 3.63) is 0 Å². The van der Waals surface area contributed by atoms with Crippen molar-refractivity contribution in [3.8, 4) is 0 Å². The number of nitrogens with two attached hydrogens (primary N) is 1. The molecule has 1 rings (SSSR count). The summed E-state index contributed by atoms with van der Waals surface area (Å²) in [7, 11) is 1.63. The fourth-order valence-electron chi connectivity index (χ4n) is 2.57. The second-order valence-electron chi connectivity index (χ2n) is 5.22. The van der Waals surface area contributed by atoms with Crippen LogP contribution < -0.4 is 11.1 Å². The van der Waals surface area contributed by atoms with Crippen LogP contribution in [0.15, 0.2) is 0 Å². The molecule has 0 unspecified atom stereocenters. The lowest BCUT2D eigenvalue weighted by Gasteiger charge is -2.30. The van der Waals surface area contributed by atoms with Gasteiger partial charge < -0.3 is 20.5 Å². The van der Waals surface area contributed by atoms with Crippen molar-refractivity contribution in [3.63, 3.8) is 0 Å². The van der Waals surface area contributed by atoms with E-state index in [1.165, 1.54) is 0 Å². The molecule has 0 radical (unpaired) electrons. The molecule has 6 heteroatoms. The van der Waals surface area contributed by atoms with Crippen molar-refractivity contribution >= 4 is 23.1 Å². The molecule has 1 aliphatic rings. The maximum atomic E-state index is 12.4. The number of hydrogen-bond acceptors (Lipinski definition) is 4. The molecule has 0 heterocycles. The van der Waals surface area contributed by atoms with Crippen LogP contribution in [0.2, 0.25) is 0 Å². The van der Waals surface area contributed by atoms with E-state index in [4.69, 9.17) is 27.4 Å². The summed E-state index contributed by atoms with van der Waals surface area (Å²) in [5, 5.41) is 2.91. The molecule has 0 aromatic heterocycles. The molecule has 1 saturated carbocycles. The second-order valence-corrected chi connectivity index (χ2v) is 5.66. The van der Waals surface area contributed by atoms with Gasteiger partial charge in [-0.3, -0.25) is 4.79 Å². The van der Waals surface area contributed by atoms with Gasteiger partial charge in [0.05, 0.1) is 30.2 Å². The molecule has 3 N–H and O–H groups in total. The third kappa shape index (κ3) is 5.00. The summed E-state index contributed by atoms with van der Waals surface area (Å²) < 4.78 is 10.2. The van der Waals surface area contributed by atoms with E-state index >= 15 is 0 Å². The van der Waals surface area contributed by atoms with Gasteiger partial charge in [-0.05, 0) is 12.8 Å². The molecule has 0 aliphatic heterocycles. The Morgan fingerprint density at radius 3 is 2.40 bits per heavy atom. The molecule has 0 saturated heterocycles. The second kappa shape index (κ2) is 9.26. The normalized spacial score (nSPS) is 18.2. The van der Waals surface area contributed by atoms with Crippen molar-refractivity contribution in [2.75, 3.05) is 33.5 Å². The zero-order valence-electron chi connectivity index (χ0n) is 12.3. The van der Waals surface area contributed by atoms with Gasteiger partial charge in [0.25, 0.3) is 0 Å². The number of carbonyl (C=O) groups is 1. The lowest BCUT2D eigenvalue weighted by molar-refractivity contribution is -0.128. The number of amides is 1. The summed E-state index contributed by atoms with van der Waals surface area (Å²) >= 11 is 5.17. The molecule has 116 valence electrons. The molecule has 0 aromatic carbocycles. The maximum absolute atomic E-state index is 12.4.